The first kappa shape index (κ1) is 62.7. The van der Waals surface area contributed by atoms with Crippen molar-refractivity contribution in [1.29, 1.82) is 0 Å². The SMILES string of the molecule is Cc1ncsc1-c1ccc([C@H](C)NC(=O)[C@@H]2C[C@@H](O)CN2C(=O)[C@@H](NC(=O)CCCc2cccc(OC[C@H](CCC(N)=O)NC(=O)[C@@H]3Cc4cccc5c4N3C(=O)[C@@H](NC(=O)c3cc4cc(C(=O)P(=O)(O)O)ccc4[nH]3)CC5)c2Cl)C(C)(C)C)cc1. The number of β-amino-alcohol motifs (C(OH)–C–C–N with tert-alkyl or cyclic N) is 1. The van der Waals surface area contributed by atoms with Crippen molar-refractivity contribution < 1.29 is 62.6 Å². The van der Waals surface area contributed by atoms with E-state index in [-0.39, 0.29) is 73.7 Å². The lowest BCUT2D eigenvalue weighted by molar-refractivity contribution is -0.144. The molecule has 0 radical (unpaired) electrons. The van der Waals surface area contributed by atoms with Gasteiger partial charge in [0, 0.05) is 48.7 Å². The number of H-pyrrole nitrogens is 1. The number of nitrogens with two attached hydrogens (primary N) is 1. The van der Waals surface area contributed by atoms with Crippen molar-refractivity contribution in [3.63, 3.8) is 0 Å². The van der Waals surface area contributed by atoms with Crippen molar-refractivity contribution in [2.75, 3.05) is 18.1 Å². The minimum Gasteiger partial charge on any atom is -0.490 e. The molecule has 4 aromatic carbocycles. The zero-order valence-electron chi connectivity index (χ0n) is 48.1. The number of nitrogens with zero attached hydrogens (tertiary/aromatic N) is 3. The Bertz CT molecular complexity index is 3670. The summed E-state index contributed by atoms with van der Waals surface area (Å²) in [5, 5.41) is 23.0. The van der Waals surface area contributed by atoms with Crippen LogP contribution in [0.4, 0.5) is 5.69 Å². The summed E-state index contributed by atoms with van der Waals surface area (Å²) < 4.78 is 17.8. The monoisotopic (exact) mass is 1230 g/mol. The van der Waals surface area contributed by atoms with E-state index in [1.165, 1.54) is 34.1 Å². The summed E-state index contributed by atoms with van der Waals surface area (Å²) in [6.07, 6.45) is 0.412. The fourth-order valence-corrected chi connectivity index (χ4v) is 12.9. The predicted molar refractivity (Wildman–Crippen MR) is 322 cm³/mol. The van der Waals surface area contributed by atoms with Crippen LogP contribution in [-0.2, 0) is 52.6 Å². The molecule has 0 saturated carbocycles. The maximum atomic E-state index is 14.6. The Morgan fingerprint density at radius 1 is 0.930 bits per heavy atom. The van der Waals surface area contributed by atoms with Gasteiger partial charge in [-0.3, -0.25) is 47.8 Å². The van der Waals surface area contributed by atoms with Crippen LogP contribution in [0.3, 0.4) is 0 Å². The second kappa shape index (κ2) is 26.0. The Kier molecular flexibility index (Phi) is 19.0. The van der Waals surface area contributed by atoms with Crippen LogP contribution in [0.1, 0.15) is 121 Å². The molecule has 25 heteroatoms. The number of anilines is 1. The summed E-state index contributed by atoms with van der Waals surface area (Å²) in [6.45, 7) is 8.99. The fourth-order valence-electron chi connectivity index (χ4n) is 11.3. The van der Waals surface area contributed by atoms with Crippen molar-refractivity contribution >= 4 is 94.0 Å². The van der Waals surface area contributed by atoms with Crippen molar-refractivity contribution in [1.82, 2.24) is 36.1 Å². The van der Waals surface area contributed by atoms with E-state index in [9.17, 15) is 57.8 Å². The van der Waals surface area contributed by atoms with Gasteiger partial charge >= 0.3 is 7.60 Å². The van der Waals surface area contributed by atoms with Crippen LogP contribution in [0.25, 0.3) is 21.3 Å². The smallest absolute Gasteiger partial charge is 0.396 e. The summed E-state index contributed by atoms with van der Waals surface area (Å²) in [7, 11) is -5.07. The first-order valence-electron chi connectivity index (χ1n) is 28.3. The van der Waals surface area contributed by atoms with E-state index in [1.54, 1.807) is 35.0 Å². The van der Waals surface area contributed by atoms with E-state index in [1.807, 2.05) is 77.1 Å². The van der Waals surface area contributed by atoms with Crippen LogP contribution >= 0.6 is 30.5 Å². The number of hydrogen-bond donors (Lipinski definition) is 9. The zero-order chi connectivity index (χ0) is 61.9. The predicted octanol–water partition coefficient (Wildman–Crippen LogP) is 6.10. The van der Waals surface area contributed by atoms with Crippen molar-refractivity contribution in [3.8, 4) is 16.2 Å². The molecule has 6 aromatic rings. The molecular weight excluding hydrogens is 1170 g/mol. The van der Waals surface area contributed by atoms with Gasteiger partial charge in [0.25, 0.3) is 11.4 Å². The zero-order valence-corrected chi connectivity index (χ0v) is 50.5. The lowest BCUT2D eigenvalue weighted by Gasteiger charge is -2.35. The van der Waals surface area contributed by atoms with Crippen molar-refractivity contribution in [2.24, 2.45) is 11.1 Å². The lowest BCUT2D eigenvalue weighted by Crippen LogP contribution is -2.57. The third kappa shape index (κ3) is 14.2. The number of halogens is 1. The standard InChI is InChI=1S/C61H69ClN9O13PS/c1-32(34-15-17-37(18-16-34)53-33(2)64-31-86-53)65-56(76)46-28-42(72)29-70(46)59(79)54(61(3,4)5)69-50(74)14-8-10-35-9-7-13-48(51(35)62)84-30-41(21-24-49(63)73)66-57(77)47-27-38-12-6-11-36-19-23-44(58(78)71(47)52(36)38)68-55(75)45-26-40-25-39(20-22-43(40)67-45)60(80)85(81,82)83/h6-7,9,11-13,15-18,20,22,25-26,31-32,41-42,44,46-47,54,67,72H,8,10,14,19,21,23-24,27-30H2,1-5H3,(H2,63,73)(H,65,76)(H,66,77)(H,68,75)(H,69,74)(H2,81,82,83)/t32-,41-,42+,44-,46-,47-,54+/m0/s1. The molecule has 86 heavy (non-hydrogen) atoms. The van der Waals surface area contributed by atoms with Gasteiger partial charge in [0.2, 0.25) is 35.4 Å². The molecule has 10 N–H and O–H groups in total. The Balaban J connectivity index is 0.803. The molecule has 3 aliphatic heterocycles. The molecule has 0 bridgehead atoms. The average molecular weight is 1230 g/mol. The number of aryl methyl sites for hydroxylation is 3. The van der Waals surface area contributed by atoms with Gasteiger partial charge in [0.05, 0.1) is 45.0 Å². The van der Waals surface area contributed by atoms with Crippen LogP contribution in [0.15, 0.2) is 90.4 Å². The number of nitrogens with one attached hydrogen (secondary N) is 5. The van der Waals surface area contributed by atoms with Crippen LogP contribution < -0.4 is 36.6 Å². The quantitative estimate of drug-likeness (QED) is 0.0347. The summed E-state index contributed by atoms with van der Waals surface area (Å²) >= 11 is 8.48. The highest BCUT2D eigenvalue weighted by molar-refractivity contribution is 7.70. The van der Waals surface area contributed by atoms with Crippen molar-refractivity contribution in [3.05, 3.63) is 135 Å². The number of primary amides is 1. The molecule has 7 amide bonds. The Hall–Kier alpha value is -7.79. The average Bonchev–Trinajstić information content (AvgIpc) is 1.69. The highest BCUT2D eigenvalue weighted by atomic mass is 35.5. The number of carbonyl (C=O) groups excluding carboxylic acids is 8. The van der Waals surface area contributed by atoms with E-state index in [4.69, 9.17) is 22.1 Å². The van der Waals surface area contributed by atoms with Crippen LogP contribution in [0.2, 0.25) is 5.02 Å². The second-order valence-corrected chi connectivity index (χ2v) is 26.0. The number of thiazole rings is 1. The van der Waals surface area contributed by atoms with Crippen LogP contribution in [-0.4, -0.2) is 126 Å². The number of aromatic nitrogens is 2. The number of amides is 7. The number of para-hydroxylation sites is 1. The van der Waals surface area contributed by atoms with Crippen LogP contribution in [0.5, 0.6) is 5.75 Å². The number of aliphatic hydroxyl groups is 1. The fraction of sp³-hybridized carbons (Fsp3) is 0.393. The maximum absolute atomic E-state index is 14.6. The number of hydrogen-bond acceptors (Lipinski definition) is 13. The number of aromatic amines is 1. The molecule has 9 rings (SSSR count). The van der Waals surface area contributed by atoms with E-state index in [2.05, 4.69) is 31.2 Å². The lowest BCUT2D eigenvalue weighted by atomic mass is 9.85. The van der Waals surface area contributed by atoms with E-state index in [0.29, 0.717) is 41.4 Å². The van der Waals surface area contributed by atoms with Gasteiger partial charge in [0.15, 0.2) is 0 Å². The summed E-state index contributed by atoms with van der Waals surface area (Å²) in [6, 6.07) is 18.4. The second-order valence-electron chi connectivity index (χ2n) is 23.2. The summed E-state index contributed by atoms with van der Waals surface area (Å²) in [5.41, 5.74) is 11.0. The Labute approximate surface area is 505 Å². The van der Waals surface area contributed by atoms with E-state index >= 15 is 0 Å². The number of fused-ring (bicyclic) bond motifs is 1. The Morgan fingerprint density at radius 3 is 2.35 bits per heavy atom. The molecule has 0 unspecified atom stereocenters. The largest absolute Gasteiger partial charge is 0.490 e. The summed E-state index contributed by atoms with van der Waals surface area (Å²) in [4.78, 5) is 139. The molecular formula is C61H69ClN9O13PS. The normalized spacial score (nSPS) is 18.6. The molecule has 1 fully saturated rings. The van der Waals surface area contributed by atoms with E-state index in [0.717, 1.165) is 32.8 Å². The van der Waals surface area contributed by atoms with Gasteiger partial charge in [-0.25, -0.2) is 4.98 Å². The van der Waals surface area contributed by atoms with Gasteiger partial charge in [-0.05, 0) is 110 Å². The van der Waals surface area contributed by atoms with Crippen LogP contribution in [0, 0.1) is 12.3 Å². The third-order valence-corrected chi connectivity index (χ3v) is 18.1. The molecule has 0 aliphatic carbocycles. The maximum Gasteiger partial charge on any atom is 0.396 e. The molecule has 7 atom stereocenters. The number of aliphatic hydroxyl groups excluding tert-OH is 1. The highest BCUT2D eigenvalue weighted by Crippen LogP contribution is 2.41. The molecule has 5 heterocycles. The molecule has 1 saturated heterocycles. The van der Waals surface area contributed by atoms with Crippen molar-refractivity contribution in [2.45, 2.75) is 135 Å². The number of likely N-dealkylation sites (tertiary alicyclic amines) is 1. The first-order valence-corrected chi connectivity index (χ1v) is 31.2. The Morgan fingerprint density at radius 2 is 1.65 bits per heavy atom. The van der Waals surface area contributed by atoms with Gasteiger partial charge in [0.1, 0.15) is 42.2 Å². The molecule has 454 valence electrons. The highest BCUT2D eigenvalue weighted by Gasteiger charge is 2.46. The minimum absolute atomic E-state index is 0.00768. The van der Waals surface area contributed by atoms with Gasteiger partial charge in [-0.2, -0.15) is 0 Å². The number of ether oxygens (including phenoxy) is 1. The van der Waals surface area contributed by atoms with Gasteiger partial charge < -0.3 is 56.5 Å². The van der Waals surface area contributed by atoms with Gasteiger partial charge in [-0.1, -0.05) is 87.0 Å². The number of benzene rings is 4. The summed E-state index contributed by atoms with van der Waals surface area (Å²) in [5.74, 6) is -3.43. The minimum atomic E-state index is -5.07. The van der Waals surface area contributed by atoms with Gasteiger partial charge in [-0.15, -0.1) is 11.3 Å². The number of rotatable bonds is 22. The molecule has 2 aromatic heterocycles. The van der Waals surface area contributed by atoms with E-state index < -0.39 is 102 Å². The molecule has 22 nitrogen and oxygen atoms in total. The third-order valence-electron chi connectivity index (χ3n) is 15.9. The molecule has 0 spiro atoms. The first-order chi connectivity index (χ1) is 40.7. The number of carbonyl (C=O) groups is 8. The molecule has 3 aliphatic rings. The topological polar surface area (TPSA) is 333 Å².